The lowest BCUT2D eigenvalue weighted by Crippen LogP contribution is -2.30. The summed E-state index contributed by atoms with van der Waals surface area (Å²) in [7, 11) is 1.44. The number of hydrogen-bond acceptors (Lipinski definition) is 2. The van der Waals surface area contributed by atoms with Gasteiger partial charge in [-0.15, -0.1) is 0 Å². The van der Waals surface area contributed by atoms with Crippen LogP contribution in [-0.4, -0.2) is 13.1 Å². The first-order chi connectivity index (χ1) is 5.63. The molecule has 0 N–H and O–H groups in total. The summed E-state index contributed by atoms with van der Waals surface area (Å²) in [5.41, 5.74) is 0. The van der Waals surface area contributed by atoms with Crippen LogP contribution in [0.25, 0.3) is 0 Å². The second kappa shape index (κ2) is 4.42. The average molecular weight is 298 g/mol. The first-order valence-corrected chi connectivity index (χ1v) is 5.32. The second-order valence-corrected chi connectivity index (χ2v) is 5.68. The van der Waals surface area contributed by atoms with Gasteiger partial charge < -0.3 is 4.74 Å². The van der Waals surface area contributed by atoms with Gasteiger partial charge in [0.25, 0.3) is 0 Å². The van der Waals surface area contributed by atoms with Crippen LogP contribution in [0.3, 0.4) is 0 Å². The van der Waals surface area contributed by atoms with Crippen LogP contribution in [0.1, 0.15) is 12.8 Å². The van der Waals surface area contributed by atoms with Crippen molar-refractivity contribution in [3.8, 4) is 0 Å². The van der Waals surface area contributed by atoms with E-state index < -0.39 is 0 Å². The Balaban J connectivity index is 2.29. The van der Waals surface area contributed by atoms with Gasteiger partial charge in [-0.1, -0.05) is 6.08 Å². The molecule has 0 aromatic heterocycles. The molecule has 0 radical (unpaired) electrons. The fourth-order valence-corrected chi connectivity index (χ4v) is 2.08. The van der Waals surface area contributed by atoms with E-state index in [0.717, 1.165) is 16.2 Å². The van der Waals surface area contributed by atoms with Gasteiger partial charge in [-0.3, -0.25) is 4.79 Å². The molecule has 0 aliphatic heterocycles. The molecule has 12 heavy (non-hydrogen) atoms. The van der Waals surface area contributed by atoms with Gasteiger partial charge in [0.1, 0.15) is 0 Å². The molecule has 0 aromatic carbocycles. The SMILES string of the molecule is COC(=O)[C@H]1C[C@@H](C=C(Br)Br)C1. The number of ether oxygens (including phenoxy) is 1. The molecule has 0 unspecified atom stereocenters. The molecule has 0 saturated heterocycles. The summed E-state index contributed by atoms with van der Waals surface area (Å²) in [5, 5.41) is 0. The Morgan fingerprint density at radius 3 is 2.50 bits per heavy atom. The number of carbonyl (C=O) groups excluding carboxylic acids is 1. The molecule has 1 aliphatic carbocycles. The lowest BCUT2D eigenvalue weighted by Gasteiger charge is -2.30. The molecule has 1 fully saturated rings. The maximum atomic E-state index is 11.0. The summed E-state index contributed by atoms with van der Waals surface area (Å²) in [5.74, 6) is 0.559. The molecule has 0 amide bonds. The highest BCUT2D eigenvalue weighted by atomic mass is 79.9. The monoisotopic (exact) mass is 296 g/mol. The van der Waals surface area contributed by atoms with Crippen molar-refractivity contribution in [1.29, 1.82) is 0 Å². The van der Waals surface area contributed by atoms with Crippen molar-refractivity contribution in [3.63, 3.8) is 0 Å². The minimum Gasteiger partial charge on any atom is -0.469 e. The first-order valence-electron chi connectivity index (χ1n) is 3.74. The van der Waals surface area contributed by atoms with E-state index >= 15 is 0 Å². The molecule has 0 bridgehead atoms. The Labute approximate surface area is 88.6 Å². The van der Waals surface area contributed by atoms with Crippen LogP contribution in [0.2, 0.25) is 0 Å². The highest BCUT2D eigenvalue weighted by molar-refractivity contribution is 9.28. The maximum Gasteiger partial charge on any atom is 0.308 e. The fourth-order valence-electron chi connectivity index (χ4n) is 1.34. The Hall–Kier alpha value is 0.170. The number of allylic oxidation sites excluding steroid dienone is 1. The summed E-state index contributed by atoms with van der Waals surface area (Å²) in [6.45, 7) is 0. The van der Waals surface area contributed by atoms with Gasteiger partial charge in [-0.05, 0) is 50.6 Å². The van der Waals surface area contributed by atoms with E-state index in [4.69, 9.17) is 0 Å². The largest absolute Gasteiger partial charge is 0.469 e. The van der Waals surface area contributed by atoms with Gasteiger partial charge in [0.05, 0.1) is 16.4 Å². The molecular weight excluding hydrogens is 288 g/mol. The van der Waals surface area contributed by atoms with Crippen LogP contribution in [0.15, 0.2) is 9.47 Å². The van der Waals surface area contributed by atoms with E-state index in [0.29, 0.717) is 5.92 Å². The Kier molecular flexibility index (Phi) is 3.77. The third-order valence-electron chi connectivity index (χ3n) is 2.07. The normalized spacial score (nSPS) is 27.2. The van der Waals surface area contributed by atoms with E-state index in [1.807, 2.05) is 0 Å². The molecule has 68 valence electrons. The van der Waals surface area contributed by atoms with E-state index in [9.17, 15) is 4.79 Å². The molecule has 1 aliphatic rings. The van der Waals surface area contributed by atoms with Gasteiger partial charge in [-0.2, -0.15) is 0 Å². The van der Waals surface area contributed by atoms with Crippen molar-refractivity contribution in [2.75, 3.05) is 7.11 Å². The van der Waals surface area contributed by atoms with Gasteiger partial charge in [0.15, 0.2) is 0 Å². The Morgan fingerprint density at radius 1 is 1.50 bits per heavy atom. The van der Waals surface area contributed by atoms with Crippen LogP contribution in [0.5, 0.6) is 0 Å². The van der Waals surface area contributed by atoms with E-state index in [-0.39, 0.29) is 11.9 Å². The summed E-state index contributed by atoms with van der Waals surface area (Å²) in [6.07, 6.45) is 3.89. The van der Waals surface area contributed by atoms with Crippen molar-refractivity contribution in [3.05, 3.63) is 9.47 Å². The zero-order chi connectivity index (χ0) is 9.14. The predicted octanol–water partition coefficient (Wildman–Crippen LogP) is 2.82. The number of hydrogen-bond donors (Lipinski definition) is 0. The lowest BCUT2D eigenvalue weighted by molar-refractivity contribution is -0.149. The molecule has 1 rings (SSSR count). The third kappa shape index (κ3) is 2.59. The highest BCUT2D eigenvalue weighted by Crippen LogP contribution is 2.37. The Morgan fingerprint density at radius 2 is 2.08 bits per heavy atom. The molecule has 0 aromatic rings. The average Bonchev–Trinajstić information content (AvgIpc) is 1.94. The minimum atomic E-state index is -0.0784. The number of esters is 1. The van der Waals surface area contributed by atoms with Crippen LogP contribution >= 0.6 is 31.9 Å². The molecule has 0 heterocycles. The van der Waals surface area contributed by atoms with Gasteiger partial charge in [-0.25, -0.2) is 0 Å². The van der Waals surface area contributed by atoms with Crippen molar-refractivity contribution in [1.82, 2.24) is 0 Å². The van der Waals surface area contributed by atoms with E-state index in [1.54, 1.807) is 0 Å². The summed E-state index contributed by atoms with van der Waals surface area (Å²) in [6, 6.07) is 0. The van der Waals surface area contributed by atoms with E-state index in [1.165, 1.54) is 7.11 Å². The van der Waals surface area contributed by atoms with Crippen LogP contribution in [-0.2, 0) is 9.53 Å². The molecule has 4 heteroatoms. The summed E-state index contributed by atoms with van der Waals surface area (Å²) < 4.78 is 5.59. The molecule has 0 spiro atoms. The number of halogens is 2. The lowest BCUT2D eigenvalue weighted by atomic mass is 9.75. The van der Waals surface area contributed by atoms with Gasteiger partial charge in [0, 0.05) is 0 Å². The van der Waals surface area contributed by atoms with Crippen LogP contribution in [0, 0.1) is 11.8 Å². The summed E-state index contributed by atoms with van der Waals surface area (Å²) in [4.78, 5) is 11.0. The maximum absolute atomic E-state index is 11.0. The van der Waals surface area contributed by atoms with Crippen LogP contribution in [0.4, 0.5) is 0 Å². The first kappa shape index (κ1) is 10.3. The zero-order valence-electron chi connectivity index (χ0n) is 6.72. The van der Waals surface area contributed by atoms with Crippen molar-refractivity contribution < 1.29 is 9.53 Å². The quantitative estimate of drug-likeness (QED) is 0.733. The van der Waals surface area contributed by atoms with E-state index in [2.05, 4.69) is 42.7 Å². The molecule has 0 atom stereocenters. The van der Waals surface area contributed by atoms with Crippen molar-refractivity contribution in [2.45, 2.75) is 12.8 Å². The smallest absolute Gasteiger partial charge is 0.308 e. The number of carbonyl (C=O) groups is 1. The fraction of sp³-hybridized carbons (Fsp3) is 0.625. The summed E-state index contributed by atoms with van der Waals surface area (Å²) >= 11 is 6.57. The molecule has 2 nitrogen and oxygen atoms in total. The number of rotatable bonds is 2. The highest BCUT2D eigenvalue weighted by Gasteiger charge is 2.33. The molecular formula is C8H10Br2O2. The third-order valence-corrected chi connectivity index (χ3v) is 2.60. The second-order valence-electron chi connectivity index (χ2n) is 2.91. The topological polar surface area (TPSA) is 26.3 Å². The molecule has 1 saturated carbocycles. The zero-order valence-corrected chi connectivity index (χ0v) is 9.89. The van der Waals surface area contributed by atoms with Gasteiger partial charge >= 0.3 is 5.97 Å². The van der Waals surface area contributed by atoms with Gasteiger partial charge in [0.2, 0.25) is 0 Å². The predicted molar refractivity (Wildman–Crippen MR) is 54.2 cm³/mol. The van der Waals surface area contributed by atoms with Crippen LogP contribution < -0.4 is 0 Å². The minimum absolute atomic E-state index is 0.0784. The van der Waals surface area contributed by atoms with Crippen molar-refractivity contribution in [2.24, 2.45) is 11.8 Å². The number of methoxy groups -OCH3 is 1. The Bertz CT molecular complexity index is 203. The standard InChI is InChI=1S/C8H10Br2O2/c1-12-8(11)6-2-5(3-6)4-7(9)10/h4-6H,2-3H2,1H3/t5-,6+. The van der Waals surface area contributed by atoms with Crippen molar-refractivity contribution >= 4 is 37.8 Å².